The smallest absolute Gasteiger partial charge is 0.407 e. The fourth-order valence-corrected chi connectivity index (χ4v) is 2.40. The Morgan fingerprint density at radius 3 is 2.65 bits per heavy atom. The molecule has 1 saturated heterocycles. The van der Waals surface area contributed by atoms with Gasteiger partial charge in [0.2, 0.25) is 0 Å². The largest absolute Gasteiger partial charge is 0.465 e. The lowest BCUT2D eigenvalue weighted by atomic mass is 9.93. The van der Waals surface area contributed by atoms with Crippen LogP contribution in [0.3, 0.4) is 0 Å². The summed E-state index contributed by atoms with van der Waals surface area (Å²) in [5.41, 5.74) is 0.783. The third-order valence-electron chi connectivity index (χ3n) is 3.30. The molecule has 1 amide bonds. The molecular weight excluding hydrogens is 218 g/mol. The number of likely N-dealkylation sites (tertiary alicyclic amines) is 1. The fourth-order valence-electron chi connectivity index (χ4n) is 2.40. The lowest BCUT2D eigenvalue weighted by Gasteiger charge is -2.36. The van der Waals surface area contributed by atoms with Gasteiger partial charge in [-0.3, -0.25) is 0 Å². The molecule has 0 saturated carbocycles. The zero-order valence-corrected chi connectivity index (χ0v) is 9.62. The quantitative estimate of drug-likeness (QED) is 0.826. The molecule has 4 heteroatoms. The van der Waals surface area contributed by atoms with Crippen LogP contribution in [0.15, 0.2) is 30.3 Å². The summed E-state index contributed by atoms with van der Waals surface area (Å²) < 4.78 is 0. The van der Waals surface area contributed by atoms with E-state index < -0.39 is 12.2 Å². The predicted octanol–water partition coefficient (Wildman–Crippen LogP) is 2.25. The number of hydrogen-bond donors (Lipinski definition) is 2. The van der Waals surface area contributed by atoms with Gasteiger partial charge < -0.3 is 15.1 Å². The minimum atomic E-state index is -0.940. The van der Waals surface area contributed by atoms with E-state index in [9.17, 15) is 9.90 Å². The SMILES string of the molecule is O=C(O)N1CCCC[C@H]1[C@@H](O)c1ccccc1. The Morgan fingerprint density at radius 1 is 1.29 bits per heavy atom. The third-order valence-corrected chi connectivity index (χ3v) is 3.30. The summed E-state index contributed by atoms with van der Waals surface area (Å²) in [6.45, 7) is 0.518. The van der Waals surface area contributed by atoms with Gasteiger partial charge in [0.05, 0.1) is 12.1 Å². The van der Waals surface area contributed by atoms with Crippen molar-refractivity contribution in [1.82, 2.24) is 4.90 Å². The second kappa shape index (κ2) is 5.19. The van der Waals surface area contributed by atoms with Gasteiger partial charge in [0, 0.05) is 6.54 Å². The van der Waals surface area contributed by atoms with E-state index in [0.717, 1.165) is 24.8 Å². The molecular formula is C13H17NO3. The molecule has 1 aromatic rings. The maximum Gasteiger partial charge on any atom is 0.407 e. The highest BCUT2D eigenvalue weighted by molar-refractivity contribution is 5.65. The molecule has 4 nitrogen and oxygen atoms in total. The Morgan fingerprint density at radius 2 is 2.00 bits per heavy atom. The lowest BCUT2D eigenvalue weighted by molar-refractivity contribution is 0.0286. The average molecular weight is 235 g/mol. The minimum Gasteiger partial charge on any atom is -0.465 e. The summed E-state index contributed by atoms with van der Waals surface area (Å²) >= 11 is 0. The van der Waals surface area contributed by atoms with Gasteiger partial charge in [0.25, 0.3) is 0 Å². The molecule has 1 aromatic carbocycles. The van der Waals surface area contributed by atoms with Crippen molar-refractivity contribution in [3.63, 3.8) is 0 Å². The van der Waals surface area contributed by atoms with E-state index in [1.165, 1.54) is 4.90 Å². The number of piperidine rings is 1. The van der Waals surface area contributed by atoms with Gasteiger partial charge in [-0.15, -0.1) is 0 Å². The maximum absolute atomic E-state index is 11.1. The predicted molar refractivity (Wildman–Crippen MR) is 63.8 cm³/mol. The second-order valence-corrected chi connectivity index (χ2v) is 4.39. The molecule has 2 atom stereocenters. The standard InChI is InChI=1S/C13H17NO3/c15-12(10-6-2-1-3-7-10)11-8-4-5-9-14(11)13(16)17/h1-3,6-7,11-12,15H,4-5,8-9H2,(H,16,17)/t11-,12-/m0/s1. The first kappa shape index (κ1) is 11.9. The second-order valence-electron chi connectivity index (χ2n) is 4.39. The number of rotatable bonds is 2. The van der Waals surface area contributed by atoms with Crippen LogP contribution in [0.4, 0.5) is 4.79 Å². The van der Waals surface area contributed by atoms with Gasteiger partial charge in [0.15, 0.2) is 0 Å². The lowest BCUT2D eigenvalue weighted by Crippen LogP contribution is -2.46. The number of nitrogens with zero attached hydrogens (tertiary/aromatic N) is 1. The van der Waals surface area contributed by atoms with Crippen molar-refractivity contribution in [1.29, 1.82) is 0 Å². The molecule has 0 unspecified atom stereocenters. The molecule has 1 aliphatic heterocycles. The van der Waals surface area contributed by atoms with E-state index >= 15 is 0 Å². The van der Waals surface area contributed by atoms with Crippen LogP contribution in [-0.4, -0.2) is 33.8 Å². The van der Waals surface area contributed by atoms with Gasteiger partial charge >= 0.3 is 6.09 Å². The van der Waals surface area contributed by atoms with Crippen LogP contribution in [0, 0.1) is 0 Å². The normalized spacial score (nSPS) is 22.2. The average Bonchev–Trinajstić information content (AvgIpc) is 2.39. The molecule has 2 rings (SSSR count). The van der Waals surface area contributed by atoms with Crippen LogP contribution in [0.2, 0.25) is 0 Å². The highest BCUT2D eigenvalue weighted by Crippen LogP contribution is 2.28. The molecule has 17 heavy (non-hydrogen) atoms. The van der Waals surface area contributed by atoms with Crippen molar-refractivity contribution in [2.24, 2.45) is 0 Å². The molecule has 1 fully saturated rings. The van der Waals surface area contributed by atoms with Crippen molar-refractivity contribution >= 4 is 6.09 Å². The number of aliphatic hydroxyl groups excluding tert-OH is 1. The van der Waals surface area contributed by atoms with Crippen LogP contribution < -0.4 is 0 Å². The van der Waals surface area contributed by atoms with Crippen molar-refractivity contribution in [3.05, 3.63) is 35.9 Å². The number of amides is 1. The molecule has 0 aliphatic carbocycles. The van der Waals surface area contributed by atoms with Crippen molar-refractivity contribution < 1.29 is 15.0 Å². The Hall–Kier alpha value is -1.55. The van der Waals surface area contributed by atoms with E-state index in [-0.39, 0.29) is 6.04 Å². The van der Waals surface area contributed by atoms with E-state index in [2.05, 4.69) is 0 Å². The van der Waals surface area contributed by atoms with Crippen LogP contribution >= 0.6 is 0 Å². The van der Waals surface area contributed by atoms with Crippen LogP contribution in [0.1, 0.15) is 30.9 Å². The molecule has 1 heterocycles. The van der Waals surface area contributed by atoms with Gasteiger partial charge in [0.1, 0.15) is 0 Å². The first-order chi connectivity index (χ1) is 8.20. The first-order valence-electron chi connectivity index (χ1n) is 5.92. The van der Waals surface area contributed by atoms with Crippen molar-refractivity contribution in [2.75, 3.05) is 6.54 Å². The number of aliphatic hydroxyl groups is 1. The van der Waals surface area contributed by atoms with Gasteiger partial charge in [-0.1, -0.05) is 30.3 Å². The third kappa shape index (κ3) is 2.58. The fraction of sp³-hybridized carbons (Fsp3) is 0.462. The van der Waals surface area contributed by atoms with Crippen molar-refractivity contribution in [3.8, 4) is 0 Å². The molecule has 0 aromatic heterocycles. The van der Waals surface area contributed by atoms with Crippen molar-refractivity contribution in [2.45, 2.75) is 31.4 Å². The van der Waals surface area contributed by atoms with Crippen LogP contribution in [-0.2, 0) is 0 Å². The van der Waals surface area contributed by atoms with Gasteiger partial charge in [-0.2, -0.15) is 0 Å². The summed E-state index contributed by atoms with van der Waals surface area (Å²) in [5.74, 6) is 0. The Bertz CT molecular complexity index is 380. The Labute approximate surface area is 100 Å². The minimum absolute atomic E-state index is 0.316. The maximum atomic E-state index is 11.1. The highest BCUT2D eigenvalue weighted by Gasteiger charge is 2.32. The van der Waals surface area contributed by atoms with Gasteiger partial charge in [-0.25, -0.2) is 4.79 Å². The number of hydrogen-bond acceptors (Lipinski definition) is 2. The highest BCUT2D eigenvalue weighted by atomic mass is 16.4. The summed E-state index contributed by atoms with van der Waals surface area (Å²) in [4.78, 5) is 12.5. The number of benzene rings is 1. The molecule has 0 radical (unpaired) electrons. The molecule has 0 bridgehead atoms. The van der Waals surface area contributed by atoms with Crippen LogP contribution in [0.5, 0.6) is 0 Å². The molecule has 2 N–H and O–H groups in total. The molecule has 92 valence electrons. The summed E-state index contributed by atoms with van der Waals surface area (Å²) in [7, 11) is 0. The first-order valence-corrected chi connectivity index (χ1v) is 5.92. The van der Waals surface area contributed by atoms with E-state index in [0.29, 0.717) is 6.54 Å². The number of carbonyl (C=O) groups is 1. The zero-order chi connectivity index (χ0) is 12.3. The Kier molecular flexibility index (Phi) is 3.64. The Balaban J connectivity index is 2.16. The zero-order valence-electron chi connectivity index (χ0n) is 9.62. The topological polar surface area (TPSA) is 60.8 Å². The van der Waals surface area contributed by atoms with E-state index in [4.69, 9.17) is 5.11 Å². The molecule has 1 aliphatic rings. The monoisotopic (exact) mass is 235 g/mol. The molecule has 0 spiro atoms. The summed E-state index contributed by atoms with van der Waals surface area (Å²) in [6.07, 6.45) is 0.905. The summed E-state index contributed by atoms with van der Waals surface area (Å²) in [5, 5.41) is 19.4. The summed E-state index contributed by atoms with van der Waals surface area (Å²) in [6, 6.07) is 8.94. The van der Waals surface area contributed by atoms with Gasteiger partial charge in [-0.05, 0) is 24.8 Å². The van der Waals surface area contributed by atoms with E-state index in [1.54, 1.807) is 0 Å². The van der Waals surface area contributed by atoms with E-state index in [1.807, 2.05) is 30.3 Å². The number of carboxylic acid groups (broad SMARTS) is 1. The van der Waals surface area contributed by atoms with Crippen LogP contribution in [0.25, 0.3) is 0 Å².